The van der Waals surface area contributed by atoms with E-state index in [2.05, 4.69) is 28.4 Å². The third kappa shape index (κ3) is 3.30. The molecule has 3 atom stereocenters. The summed E-state index contributed by atoms with van der Waals surface area (Å²) in [6.45, 7) is 2.12. The predicted octanol–water partition coefficient (Wildman–Crippen LogP) is 3.97. The first-order chi connectivity index (χ1) is 15.0. The Hall–Kier alpha value is -1.63. The molecular formula is C24H28ClN3O2S. The van der Waals surface area contributed by atoms with E-state index in [1.807, 2.05) is 12.1 Å². The second-order valence-corrected chi connectivity index (χ2v) is 11.7. The molecule has 2 aliphatic carbocycles. The minimum atomic E-state index is -1.00. The van der Waals surface area contributed by atoms with Crippen molar-refractivity contribution in [1.82, 2.24) is 4.98 Å². The van der Waals surface area contributed by atoms with Crippen molar-refractivity contribution in [2.45, 2.75) is 48.5 Å². The van der Waals surface area contributed by atoms with Crippen LogP contribution in [0.15, 0.2) is 35.2 Å². The summed E-state index contributed by atoms with van der Waals surface area (Å²) < 4.78 is 12.7. The highest BCUT2D eigenvalue weighted by Gasteiger charge is 2.48. The number of hydrogen-bond donors (Lipinski definition) is 2. The fourth-order valence-corrected chi connectivity index (χ4v) is 7.53. The van der Waals surface area contributed by atoms with Crippen LogP contribution in [0.4, 0.5) is 11.5 Å². The van der Waals surface area contributed by atoms with E-state index >= 15 is 0 Å². The van der Waals surface area contributed by atoms with Crippen LogP contribution in [0.25, 0.3) is 0 Å². The Balaban J connectivity index is 1.27. The number of nitrogens with one attached hydrogen (secondary N) is 1. The number of piperidine rings is 2. The van der Waals surface area contributed by atoms with Gasteiger partial charge in [-0.15, -0.1) is 0 Å². The van der Waals surface area contributed by atoms with Gasteiger partial charge in [0.1, 0.15) is 5.82 Å². The maximum absolute atomic E-state index is 12.7. The number of anilines is 2. The van der Waals surface area contributed by atoms with Crippen molar-refractivity contribution in [3.05, 3.63) is 46.6 Å². The highest BCUT2D eigenvalue weighted by molar-refractivity contribution is 7.85. The largest absolute Gasteiger partial charge is 0.394 e. The average molecular weight is 458 g/mol. The molecule has 3 unspecified atom stereocenters. The van der Waals surface area contributed by atoms with Gasteiger partial charge >= 0.3 is 0 Å². The van der Waals surface area contributed by atoms with Crippen molar-refractivity contribution < 1.29 is 9.32 Å². The van der Waals surface area contributed by atoms with Crippen molar-refractivity contribution in [2.75, 3.05) is 35.7 Å². The normalized spacial score (nSPS) is 30.3. The number of benzene rings is 1. The Bertz CT molecular complexity index is 1020. The molecule has 0 radical (unpaired) electrons. The van der Waals surface area contributed by atoms with E-state index in [0.717, 1.165) is 65.9 Å². The topological polar surface area (TPSA) is 65.5 Å². The lowest BCUT2D eigenvalue weighted by Gasteiger charge is -2.54. The summed E-state index contributed by atoms with van der Waals surface area (Å²) in [4.78, 5) is 8.25. The van der Waals surface area contributed by atoms with Crippen molar-refractivity contribution in [3.8, 4) is 0 Å². The zero-order chi connectivity index (χ0) is 21.2. The van der Waals surface area contributed by atoms with Gasteiger partial charge in [-0.05, 0) is 61.1 Å². The molecule has 0 spiro atoms. The Kier molecular flexibility index (Phi) is 4.82. The van der Waals surface area contributed by atoms with Crippen molar-refractivity contribution in [2.24, 2.45) is 11.8 Å². The third-order valence-electron chi connectivity index (χ3n) is 7.90. The molecule has 2 saturated heterocycles. The number of aromatic nitrogens is 1. The van der Waals surface area contributed by atoms with E-state index in [1.165, 1.54) is 12.0 Å². The van der Waals surface area contributed by atoms with Crippen LogP contribution in [0.1, 0.15) is 42.9 Å². The summed E-state index contributed by atoms with van der Waals surface area (Å²) >= 11 is 6.08. The van der Waals surface area contributed by atoms with E-state index < -0.39 is 10.8 Å². The highest BCUT2D eigenvalue weighted by Crippen LogP contribution is 2.52. The number of hydrogen-bond acceptors (Lipinski definition) is 5. The second kappa shape index (κ2) is 7.46. The second-order valence-electron chi connectivity index (χ2n) is 9.76. The van der Waals surface area contributed by atoms with Gasteiger partial charge in [0.05, 0.1) is 39.2 Å². The first kappa shape index (κ1) is 20.0. The Morgan fingerprint density at radius 2 is 1.97 bits per heavy atom. The Labute approximate surface area is 190 Å². The van der Waals surface area contributed by atoms with Crippen LogP contribution in [-0.4, -0.2) is 45.3 Å². The Morgan fingerprint density at radius 3 is 2.61 bits per heavy atom. The summed E-state index contributed by atoms with van der Waals surface area (Å²) in [7, 11) is -1.00. The molecule has 1 aromatic heterocycles. The van der Waals surface area contributed by atoms with Gasteiger partial charge in [0, 0.05) is 36.4 Å². The SMILES string of the molecule is O=S1CCc2nc(N3CC4CC(C3)C4c3ccc(Cl)cc3)cc(NC3(CO)CCC3)c21. The van der Waals surface area contributed by atoms with E-state index in [9.17, 15) is 9.32 Å². The van der Waals surface area contributed by atoms with E-state index in [-0.39, 0.29) is 12.1 Å². The minimum Gasteiger partial charge on any atom is -0.394 e. The van der Waals surface area contributed by atoms with Crippen molar-refractivity contribution in [3.63, 3.8) is 0 Å². The molecule has 2 aromatic rings. The van der Waals surface area contributed by atoms with Gasteiger partial charge in [0.15, 0.2) is 0 Å². The fourth-order valence-electron chi connectivity index (χ4n) is 6.06. The number of aryl methyl sites for hydroxylation is 1. The average Bonchev–Trinajstić information content (AvgIpc) is 3.13. The van der Waals surface area contributed by atoms with Crippen LogP contribution >= 0.6 is 11.6 Å². The minimum absolute atomic E-state index is 0.114. The number of aliphatic hydroxyl groups is 1. The molecule has 1 aromatic carbocycles. The molecule has 2 saturated carbocycles. The van der Waals surface area contributed by atoms with E-state index in [4.69, 9.17) is 16.6 Å². The highest BCUT2D eigenvalue weighted by atomic mass is 35.5. The molecule has 3 aliphatic heterocycles. The van der Waals surface area contributed by atoms with Crippen LogP contribution in [0.3, 0.4) is 0 Å². The van der Waals surface area contributed by atoms with Gasteiger partial charge in [-0.1, -0.05) is 23.7 Å². The van der Waals surface area contributed by atoms with Gasteiger partial charge in [-0.25, -0.2) is 4.98 Å². The molecule has 5 nitrogen and oxygen atoms in total. The third-order valence-corrected chi connectivity index (χ3v) is 9.64. The number of halogens is 1. The van der Waals surface area contributed by atoms with Gasteiger partial charge in [0.25, 0.3) is 0 Å². The number of aliphatic hydroxyl groups excluding tert-OH is 1. The fraction of sp³-hybridized carbons (Fsp3) is 0.542. The van der Waals surface area contributed by atoms with Crippen molar-refractivity contribution in [1.29, 1.82) is 0 Å². The molecular weight excluding hydrogens is 430 g/mol. The molecule has 0 amide bonds. The number of rotatable bonds is 5. The number of nitrogens with zero attached hydrogens (tertiary/aromatic N) is 2. The summed E-state index contributed by atoms with van der Waals surface area (Å²) in [6.07, 6.45) is 5.08. The first-order valence-corrected chi connectivity index (χ1v) is 13.1. The van der Waals surface area contributed by atoms with Gasteiger partial charge in [-0.2, -0.15) is 0 Å². The summed E-state index contributed by atoms with van der Waals surface area (Å²) in [5, 5.41) is 14.3. The molecule has 7 rings (SSSR count). The van der Waals surface area contributed by atoms with Gasteiger partial charge in [0.2, 0.25) is 0 Å². The molecule has 31 heavy (non-hydrogen) atoms. The quantitative estimate of drug-likeness (QED) is 0.711. The standard InChI is InChI=1S/C24H28ClN3O2S/c25-18-4-2-15(3-5-18)22-16-10-17(22)13-28(12-16)21-11-20(27-24(14-29)7-1-8-24)23-19(26-21)6-9-31(23)30/h2-5,11,16-17,22,29H,1,6-10,12-14H2,(H,26,27). The lowest BCUT2D eigenvalue weighted by atomic mass is 9.59. The molecule has 2 N–H and O–H groups in total. The Morgan fingerprint density at radius 1 is 1.23 bits per heavy atom. The molecule has 4 fully saturated rings. The monoisotopic (exact) mass is 457 g/mol. The molecule has 7 heteroatoms. The van der Waals surface area contributed by atoms with Gasteiger partial charge in [-0.3, -0.25) is 4.21 Å². The smallest absolute Gasteiger partial charge is 0.130 e. The van der Waals surface area contributed by atoms with Crippen LogP contribution in [0, 0.1) is 11.8 Å². The van der Waals surface area contributed by atoms with E-state index in [1.54, 1.807) is 0 Å². The number of pyridine rings is 1. The predicted molar refractivity (Wildman–Crippen MR) is 125 cm³/mol. The lowest BCUT2D eigenvalue weighted by molar-refractivity contribution is 0.111. The summed E-state index contributed by atoms with van der Waals surface area (Å²) in [5.74, 6) is 3.53. The zero-order valence-electron chi connectivity index (χ0n) is 17.5. The summed E-state index contributed by atoms with van der Waals surface area (Å²) in [6, 6.07) is 10.5. The lowest BCUT2D eigenvalue weighted by Crippen LogP contribution is -2.54. The number of fused-ring (bicyclic) bond motifs is 3. The molecule has 164 valence electrons. The molecule has 2 bridgehead atoms. The van der Waals surface area contributed by atoms with Crippen molar-refractivity contribution >= 4 is 33.9 Å². The molecule has 5 aliphatic rings. The van der Waals surface area contributed by atoms with Gasteiger partial charge < -0.3 is 15.3 Å². The summed E-state index contributed by atoms with van der Waals surface area (Å²) in [5.41, 5.74) is 3.04. The van der Waals surface area contributed by atoms with Crippen LogP contribution in [0.5, 0.6) is 0 Å². The van der Waals surface area contributed by atoms with E-state index in [0.29, 0.717) is 23.5 Å². The van der Waals surface area contributed by atoms with Crippen LogP contribution < -0.4 is 10.2 Å². The van der Waals surface area contributed by atoms with Crippen LogP contribution in [-0.2, 0) is 17.2 Å². The zero-order valence-corrected chi connectivity index (χ0v) is 19.1. The molecule has 4 heterocycles. The van der Waals surface area contributed by atoms with Crippen LogP contribution in [0.2, 0.25) is 5.02 Å². The first-order valence-electron chi connectivity index (χ1n) is 11.4. The maximum Gasteiger partial charge on any atom is 0.130 e. The maximum atomic E-state index is 12.7.